The number of aliphatic imine (C=N–C) groups is 1. The molecule has 1 saturated heterocycles. The Morgan fingerprint density at radius 1 is 1.33 bits per heavy atom. The number of rotatable bonds is 3. The maximum absolute atomic E-state index is 4.44. The lowest BCUT2D eigenvalue weighted by atomic mass is 9.93. The van der Waals surface area contributed by atoms with Crippen LogP contribution in [0.15, 0.2) is 47.7 Å². The van der Waals surface area contributed by atoms with Gasteiger partial charge in [0.2, 0.25) is 0 Å². The lowest BCUT2D eigenvalue weighted by Gasteiger charge is -2.23. The van der Waals surface area contributed by atoms with E-state index in [0.29, 0.717) is 5.41 Å². The van der Waals surface area contributed by atoms with E-state index in [2.05, 4.69) is 58.4 Å². The molecule has 0 spiro atoms. The molecular formula is C18H26IN5. The summed E-state index contributed by atoms with van der Waals surface area (Å²) in [5, 5.41) is 7.77. The topological polar surface area (TPSA) is 45.5 Å². The minimum Gasteiger partial charge on any atom is -0.352 e. The summed E-state index contributed by atoms with van der Waals surface area (Å²) in [5.41, 5.74) is 2.67. The highest BCUT2D eigenvalue weighted by atomic mass is 127. The fraction of sp³-hybridized carbons (Fsp3) is 0.444. The summed E-state index contributed by atoms with van der Waals surface area (Å²) >= 11 is 0. The summed E-state index contributed by atoms with van der Waals surface area (Å²) in [4.78, 5) is 6.78. The van der Waals surface area contributed by atoms with Gasteiger partial charge in [-0.05, 0) is 35.6 Å². The lowest BCUT2D eigenvalue weighted by molar-refractivity contribution is 0.370. The molecular weight excluding hydrogens is 413 g/mol. The SMILES string of the molecule is CN=C(NCc1cccc(-n2cccn2)c1)N1CCC(C)(C)C1.I. The average molecular weight is 439 g/mol. The van der Waals surface area contributed by atoms with Crippen LogP contribution in [0.5, 0.6) is 0 Å². The highest BCUT2D eigenvalue weighted by Crippen LogP contribution is 2.28. The summed E-state index contributed by atoms with van der Waals surface area (Å²) in [6.45, 7) is 7.51. The first-order chi connectivity index (χ1) is 11.1. The maximum atomic E-state index is 4.44. The van der Waals surface area contributed by atoms with Gasteiger partial charge in [0.15, 0.2) is 5.96 Å². The first-order valence-electron chi connectivity index (χ1n) is 8.12. The molecule has 0 saturated carbocycles. The first kappa shape index (κ1) is 18.8. The van der Waals surface area contributed by atoms with E-state index in [-0.39, 0.29) is 24.0 Å². The number of nitrogens with one attached hydrogen (secondary N) is 1. The van der Waals surface area contributed by atoms with Crippen molar-refractivity contribution in [2.24, 2.45) is 10.4 Å². The van der Waals surface area contributed by atoms with Crippen LogP contribution in [0.2, 0.25) is 0 Å². The van der Waals surface area contributed by atoms with Gasteiger partial charge in [-0.15, -0.1) is 24.0 Å². The zero-order valence-corrected chi connectivity index (χ0v) is 16.9. The molecule has 24 heavy (non-hydrogen) atoms. The lowest BCUT2D eigenvalue weighted by Crippen LogP contribution is -2.40. The van der Waals surface area contributed by atoms with Crippen molar-refractivity contribution >= 4 is 29.9 Å². The van der Waals surface area contributed by atoms with Crippen molar-refractivity contribution in [2.75, 3.05) is 20.1 Å². The number of hydrogen-bond acceptors (Lipinski definition) is 2. The van der Waals surface area contributed by atoms with Gasteiger partial charge < -0.3 is 10.2 Å². The molecule has 0 bridgehead atoms. The predicted molar refractivity (Wildman–Crippen MR) is 109 cm³/mol. The summed E-state index contributed by atoms with van der Waals surface area (Å²) in [6, 6.07) is 10.3. The molecule has 5 nitrogen and oxygen atoms in total. The Bertz CT molecular complexity index is 678. The van der Waals surface area contributed by atoms with Crippen LogP contribution in [0.3, 0.4) is 0 Å². The van der Waals surface area contributed by atoms with Crippen molar-refractivity contribution in [1.82, 2.24) is 20.0 Å². The molecule has 3 rings (SSSR count). The van der Waals surface area contributed by atoms with Crippen molar-refractivity contribution in [2.45, 2.75) is 26.8 Å². The number of hydrogen-bond donors (Lipinski definition) is 1. The van der Waals surface area contributed by atoms with Gasteiger partial charge in [0.05, 0.1) is 5.69 Å². The predicted octanol–water partition coefficient (Wildman–Crippen LogP) is 3.30. The molecule has 2 heterocycles. The molecule has 1 aliphatic rings. The van der Waals surface area contributed by atoms with E-state index in [1.807, 2.05) is 24.0 Å². The molecule has 1 aromatic heterocycles. The van der Waals surface area contributed by atoms with Gasteiger partial charge in [0.25, 0.3) is 0 Å². The van der Waals surface area contributed by atoms with Crippen LogP contribution in [-0.2, 0) is 6.54 Å². The fourth-order valence-corrected chi connectivity index (χ4v) is 3.04. The summed E-state index contributed by atoms with van der Waals surface area (Å²) in [6.07, 6.45) is 4.96. The number of nitrogens with zero attached hydrogens (tertiary/aromatic N) is 4. The monoisotopic (exact) mass is 439 g/mol. The molecule has 1 aromatic carbocycles. The largest absolute Gasteiger partial charge is 0.352 e. The van der Waals surface area contributed by atoms with Crippen molar-refractivity contribution in [3.05, 3.63) is 48.3 Å². The summed E-state index contributed by atoms with van der Waals surface area (Å²) < 4.78 is 1.88. The van der Waals surface area contributed by atoms with Crippen LogP contribution >= 0.6 is 24.0 Å². The second-order valence-electron chi connectivity index (χ2n) is 6.86. The molecule has 1 fully saturated rings. The Morgan fingerprint density at radius 2 is 2.17 bits per heavy atom. The van der Waals surface area contributed by atoms with Gasteiger partial charge >= 0.3 is 0 Å². The Morgan fingerprint density at radius 3 is 2.79 bits per heavy atom. The van der Waals surface area contributed by atoms with Gasteiger partial charge in [-0.1, -0.05) is 26.0 Å². The van der Waals surface area contributed by atoms with Gasteiger partial charge in [-0.2, -0.15) is 5.10 Å². The zero-order chi connectivity index (χ0) is 16.3. The Balaban J connectivity index is 0.00000208. The van der Waals surface area contributed by atoms with Gasteiger partial charge in [-0.3, -0.25) is 4.99 Å². The standard InChI is InChI=1S/C18H25N5.HI/c1-18(2)8-11-22(14-18)17(19-3)20-13-15-6-4-7-16(12-15)23-10-5-9-21-23;/h4-7,9-10,12H,8,11,13-14H2,1-3H3,(H,19,20);1H. The quantitative estimate of drug-likeness (QED) is 0.454. The molecule has 0 aliphatic carbocycles. The van der Waals surface area contributed by atoms with Gasteiger partial charge in [0, 0.05) is 39.1 Å². The summed E-state index contributed by atoms with van der Waals surface area (Å²) in [7, 11) is 1.85. The van der Waals surface area contributed by atoms with Crippen molar-refractivity contribution in [3.63, 3.8) is 0 Å². The third kappa shape index (κ3) is 4.49. The van der Waals surface area contributed by atoms with E-state index in [1.54, 1.807) is 6.20 Å². The Labute approximate surface area is 161 Å². The summed E-state index contributed by atoms with van der Waals surface area (Å²) in [5.74, 6) is 0.986. The van der Waals surface area contributed by atoms with E-state index >= 15 is 0 Å². The van der Waals surface area contributed by atoms with Crippen LogP contribution in [0, 0.1) is 5.41 Å². The average Bonchev–Trinajstić information content (AvgIpc) is 3.18. The van der Waals surface area contributed by atoms with Gasteiger partial charge in [-0.25, -0.2) is 4.68 Å². The van der Waals surface area contributed by atoms with E-state index in [4.69, 9.17) is 0 Å². The maximum Gasteiger partial charge on any atom is 0.193 e. The van der Waals surface area contributed by atoms with Crippen LogP contribution in [-0.4, -0.2) is 40.8 Å². The van der Waals surface area contributed by atoms with Crippen molar-refractivity contribution in [1.29, 1.82) is 0 Å². The number of halogens is 1. The van der Waals surface area contributed by atoms with Gasteiger partial charge in [0.1, 0.15) is 0 Å². The molecule has 0 atom stereocenters. The minimum absolute atomic E-state index is 0. The number of likely N-dealkylation sites (tertiary alicyclic amines) is 1. The number of aromatic nitrogens is 2. The second kappa shape index (κ2) is 8.00. The van der Waals surface area contributed by atoms with Crippen LogP contribution in [0.4, 0.5) is 0 Å². The molecule has 0 amide bonds. The van der Waals surface area contributed by atoms with E-state index in [0.717, 1.165) is 31.3 Å². The number of benzene rings is 1. The Kier molecular flexibility index (Phi) is 6.26. The molecule has 2 aromatic rings. The molecule has 1 N–H and O–H groups in total. The molecule has 1 aliphatic heterocycles. The highest BCUT2D eigenvalue weighted by molar-refractivity contribution is 14.0. The van der Waals surface area contributed by atoms with Crippen LogP contribution in [0.25, 0.3) is 5.69 Å². The zero-order valence-electron chi connectivity index (χ0n) is 14.6. The Hall–Kier alpha value is -1.57. The van der Waals surface area contributed by atoms with Crippen molar-refractivity contribution < 1.29 is 0 Å². The fourth-order valence-electron chi connectivity index (χ4n) is 3.04. The van der Waals surface area contributed by atoms with E-state index in [1.165, 1.54) is 12.0 Å². The minimum atomic E-state index is 0. The van der Waals surface area contributed by atoms with E-state index in [9.17, 15) is 0 Å². The smallest absolute Gasteiger partial charge is 0.193 e. The highest BCUT2D eigenvalue weighted by Gasteiger charge is 2.30. The first-order valence-corrected chi connectivity index (χ1v) is 8.12. The van der Waals surface area contributed by atoms with E-state index < -0.39 is 0 Å². The molecule has 0 unspecified atom stereocenters. The molecule has 130 valence electrons. The molecule has 0 radical (unpaired) electrons. The van der Waals surface area contributed by atoms with Crippen LogP contribution < -0.4 is 5.32 Å². The third-order valence-electron chi connectivity index (χ3n) is 4.32. The van der Waals surface area contributed by atoms with Crippen LogP contribution in [0.1, 0.15) is 25.8 Å². The normalized spacial score (nSPS) is 16.8. The van der Waals surface area contributed by atoms with Crippen molar-refractivity contribution in [3.8, 4) is 5.69 Å². The second-order valence-corrected chi connectivity index (χ2v) is 6.86. The number of guanidine groups is 1. The molecule has 6 heteroatoms. The third-order valence-corrected chi connectivity index (χ3v) is 4.32.